The molecular formula is C64H125NO5. The van der Waals surface area contributed by atoms with Crippen LogP contribution < -0.4 is 5.32 Å². The van der Waals surface area contributed by atoms with Crippen LogP contribution >= 0.6 is 0 Å². The van der Waals surface area contributed by atoms with E-state index in [2.05, 4.69) is 31.3 Å². The summed E-state index contributed by atoms with van der Waals surface area (Å²) in [4.78, 5) is 24.6. The predicted octanol–water partition coefficient (Wildman–Crippen LogP) is 20.0. The molecule has 0 aromatic carbocycles. The zero-order valence-electron chi connectivity index (χ0n) is 47.5. The Morgan fingerprint density at radius 2 is 0.671 bits per heavy atom. The number of amides is 1. The lowest BCUT2D eigenvalue weighted by atomic mass is 10.0. The number of nitrogens with one attached hydrogen (secondary N) is 1. The molecule has 1 amide bonds. The number of carbonyl (C=O) groups is 2. The minimum atomic E-state index is -0.670. The molecule has 0 radical (unpaired) electrons. The fraction of sp³-hybridized carbons (Fsp3) is 0.938. The molecule has 0 aliphatic heterocycles. The van der Waals surface area contributed by atoms with Crippen molar-refractivity contribution in [2.45, 2.75) is 373 Å². The van der Waals surface area contributed by atoms with Crippen molar-refractivity contribution in [1.29, 1.82) is 0 Å². The lowest BCUT2D eigenvalue weighted by molar-refractivity contribution is -0.143. The van der Waals surface area contributed by atoms with E-state index in [1.54, 1.807) is 0 Å². The largest absolute Gasteiger partial charge is 0.466 e. The highest BCUT2D eigenvalue weighted by Gasteiger charge is 2.20. The Kier molecular flexibility index (Phi) is 59.0. The second-order valence-electron chi connectivity index (χ2n) is 22.1. The van der Waals surface area contributed by atoms with Crippen LogP contribution in [0.1, 0.15) is 361 Å². The van der Waals surface area contributed by atoms with Crippen molar-refractivity contribution in [3.05, 3.63) is 12.2 Å². The van der Waals surface area contributed by atoms with Crippen LogP contribution in [0, 0.1) is 0 Å². The lowest BCUT2D eigenvalue weighted by Gasteiger charge is -2.22. The van der Waals surface area contributed by atoms with Crippen LogP contribution in [-0.2, 0) is 14.3 Å². The molecule has 416 valence electrons. The third-order valence-electron chi connectivity index (χ3n) is 15.1. The quantitative estimate of drug-likeness (QED) is 0.0321. The maximum Gasteiger partial charge on any atom is 0.305 e. The first-order valence-electron chi connectivity index (χ1n) is 31.9. The van der Waals surface area contributed by atoms with Crippen molar-refractivity contribution in [1.82, 2.24) is 5.32 Å². The van der Waals surface area contributed by atoms with Gasteiger partial charge in [-0.2, -0.15) is 0 Å². The van der Waals surface area contributed by atoms with E-state index in [1.165, 1.54) is 289 Å². The molecule has 0 fully saturated rings. The van der Waals surface area contributed by atoms with Gasteiger partial charge in [-0.15, -0.1) is 0 Å². The van der Waals surface area contributed by atoms with Crippen LogP contribution in [0.4, 0.5) is 0 Å². The van der Waals surface area contributed by atoms with Crippen LogP contribution in [0.2, 0.25) is 0 Å². The fourth-order valence-corrected chi connectivity index (χ4v) is 10.2. The van der Waals surface area contributed by atoms with Crippen LogP contribution in [0.25, 0.3) is 0 Å². The molecule has 6 nitrogen and oxygen atoms in total. The minimum Gasteiger partial charge on any atom is -0.466 e. The lowest BCUT2D eigenvalue weighted by Crippen LogP contribution is -2.45. The molecule has 70 heavy (non-hydrogen) atoms. The first kappa shape index (κ1) is 68.6. The molecule has 0 aliphatic rings. The van der Waals surface area contributed by atoms with Gasteiger partial charge in [-0.25, -0.2) is 0 Å². The summed E-state index contributed by atoms with van der Waals surface area (Å²) < 4.78 is 5.48. The van der Waals surface area contributed by atoms with Gasteiger partial charge in [0.25, 0.3) is 0 Å². The first-order valence-corrected chi connectivity index (χ1v) is 31.9. The molecule has 0 heterocycles. The average molecular weight is 989 g/mol. The average Bonchev–Trinajstić information content (AvgIpc) is 3.36. The SMILES string of the molecule is CCCCCCCCCCCCCCCCCCCCCC(O)C(CO)NC(=O)CCCCCCCCC/C=C\CCCCCCCCCCCOC(=O)CCCCCCCCCCCCCCCC. The first-order chi connectivity index (χ1) is 34.5. The van der Waals surface area contributed by atoms with Crippen molar-refractivity contribution in [3.63, 3.8) is 0 Å². The molecule has 3 N–H and O–H groups in total. The molecule has 2 unspecified atom stereocenters. The normalized spacial score (nSPS) is 12.6. The van der Waals surface area contributed by atoms with E-state index in [9.17, 15) is 19.8 Å². The second-order valence-corrected chi connectivity index (χ2v) is 22.1. The number of carbonyl (C=O) groups excluding carboxylic acids is 2. The third-order valence-corrected chi connectivity index (χ3v) is 15.1. The third kappa shape index (κ3) is 55.9. The number of hydrogen-bond donors (Lipinski definition) is 3. The van der Waals surface area contributed by atoms with E-state index in [-0.39, 0.29) is 18.5 Å². The zero-order valence-corrected chi connectivity index (χ0v) is 47.5. The molecule has 0 bridgehead atoms. The number of hydrogen-bond acceptors (Lipinski definition) is 5. The van der Waals surface area contributed by atoms with Crippen molar-refractivity contribution in [3.8, 4) is 0 Å². The van der Waals surface area contributed by atoms with Crippen LogP contribution in [-0.4, -0.2) is 47.4 Å². The van der Waals surface area contributed by atoms with Crippen molar-refractivity contribution < 1.29 is 24.5 Å². The Morgan fingerprint density at radius 3 is 1.01 bits per heavy atom. The number of aliphatic hydroxyl groups excluding tert-OH is 2. The molecule has 0 aliphatic carbocycles. The summed E-state index contributed by atoms with van der Waals surface area (Å²) in [5.74, 6) is -0.0305. The highest BCUT2D eigenvalue weighted by molar-refractivity contribution is 5.76. The Hall–Kier alpha value is -1.40. The molecular weight excluding hydrogens is 863 g/mol. The van der Waals surface area contributed by atoms with Crippen molar-refractivity contribution in [2.24, 2.45) is 0 Å². The van der Waals surface area contributed by atoms with Gasteiger partial charge >= 0.3 is 5.97 Å². The van der Waals surface area contributed by atoms with Gasteiger partial charge < -0.3 is 20.3 Å². The maximum atomic E-state index is 12.5. The summed E-state index contributed by atoms with van der Waals surface area (Å²) in [7, 11) is 0. The number of allylic oxidation sites excluding steroid dienone is 2. The van der Waals surface area contributed by atoms with Gasteiger partial charge in [0.15, 0.2) is 0 Å². The number of ether oxygens (including phenoxy) is 1. The van der Waals surface area contributed by atoms with Crippen LogP contribution in [0.15, 0.2) is 12.2 Å². The Labute approximate surface area is 438 Å². The van der Waals surface area contributed by atoms with E-state index in [0.29, 0.717) is 25.9 Å². The van der Waals surface area contributed by atoms with Gasteiger partial charge in [0, 0.05) is 12.8 Å². The van der Waals surface area contributed by atoms with Gasteiger partial charge in [-0.1, -0.05) is 309 Å². The number of rotatable bonds is 60. The zero-order chi connectivity index (χ0) is 50.7. The molecule has 0 spiro atoms. The summed E-state index contributed by atoms with van der Waals surface area (Å²) in [6, 6.07) is -0.548. The number of aliphatic hydroxyl groups is 2. The second kappa shape index (κ2) is 60.2. The summed E-state index contributed by atoms with van der Waals surface area (Å²) in [6.07, 6.45) is 72.2. The van der Waals surface area contributed by atoms with Gasteiger partial charge in [0.05, 0.1) is 25.4 Å². The van der Waals surface area contributed by atoms with Gasteiger partial charge in [-0.3, -0.25) is 9.59 Å². The molecule has 2 atom stereocenters. The van der Waals surface area contributed by atoms with Gasteiger partial charge in [0.2, 0.25) is 5.91 Å². The Morgan fingerprint density at radius 1 is 0.386 bits per heavy atom. The van der Waals surface area contributed by atoms with Crippen molar-refractivity contribution in [2.75, 3.05) is 13.2 Å². The van der Waals surface area contributed by atoms with Crippen LogP contribution in [0.3, 0.4) is 0 Å². The predicted molar refractivity (Wildman–Crippen MR) is 306 cm³/mol. The number of esters is 1. The Balaban J connectivity index is 3.42. The summed E-state index contributed by atoms with van der Waals surface area (Å²) in [5, 5.41) is 23.4. The minimum absolute atomic E-state index is 0.00942. The van der Waals surface area contributed by atoms with Gasteiger partial charge in [-0.05, 0) is 51.4 Å². The molecule has 0 saturated carbocycles. The van der Waals surface area contributed by atoms with E-state index >= 15 is 0 Å². The summed E-state index contributed by atoms with van der Waals surface area (Å²) in [5.41, 5.74) is 0. The highest BCUT2D eigenvalue weighted by atomic mass is 16.5. The smallest absolute Gasteiger partial charge is 0.305 e. The molecule has 0 saturated heterocycles. The summed E-state index contributed by atoms with van der Waals surface area (Å²) in [6.45, 7) is 4.98. The van der Waals surface area contributed by atoms with E-state index in [4.69, 9.17) is 4.74 Å². The van der Waals surface area contributed by atoms with Crippen LogP contribution in [0.5, 0.6) is 0 Å². The maximum absolute atomic E-state index is 12.5. The van der Waals surface area contributed by atoms with E-state index in [1.807, 2.05) is 0 Å². The number of unbranched alkanes of at least 4 members (excludes halogenated alkanes) is 47. The van der Waals surface area contributed by atoms with E-state index in [0.717, 1.165) is 38.5 Å². The van der Waals surface area contributed by atoms with Crippen molar-refractivity contribution >= 4 is 11.9 Å². The summed E-state index contributed by atoms with van der Waals surface area (Å²) >= 11 is 0. The van der Waals surface area contributed by atoms with Gasteiger partial charge in [0.1, 0.15) is 0 Å². The van der Waals surface area contributed by atoms with E-state index < -0.39 is 12.1 Å². The monoisotopic (exact) mass is 988 g/mol. The molecule has 0 aromatic rings. The topological polar surface area (TPSA) is 95.9 Å². The molecule has 0 aromatic heterocycles. The highest BCUT2D eigenvalue weighted by Crippen LogP contribution is 2.18. The molecule has 6 heteroatoms. The fourth-order valence-electron chi connectivity index (χ4n) is 10.2. The molecule has 0 rings (SSSR count). The standard InChI is InChI=1S/C64H125NO5/c1-3-5-7-9-11-13-15-17-19-20-23-26-29-32-36-40-44-48-52-56-62(67)61(60-66)65-63(68)57-53-49-45-41-37-33-30-27-24-21-22-25-28-31-35-39-43-47-51-55-59-70-64(69)58-54-50-46-42-38-34-18-16-14-12-10-8-6-4-2/h21,24,61-62,66-67H,3-20,22-23,25-60H2,1-2H3,(H,65,68)/b24-21-. The Bertz CT molecular complexity index is 1050.